The van der Waals surface area contributed by atoms with Crippen LogP contribution in [-0.2, 0) is 22.4 Å². The number of hydrogen-bond donors (Lipinski definition) is 0. The topological polar surface area (TPSA) is 17.1 Å². The first-order valence-corrected chi connectivity index (χ1v) is 10.1. The molecule has 3 heteroatoms. The second-order valence-corrected chi connectivity index (χ2v) is 7.74. The number of rotatable bonds is 10. The second-order valence-electron chi connectivity index (χ2n) is 5.89. The first-order chi connectivity index (χ1) is 10.1. The Bertz CT molecular complexity index is 457. The van der Waals surface area contributed by atoms with Crippen molar-refractivity contribution >= 4 is 22.4 Å². The fourth-order valence-corrected chi connectivity index (χ4v) is 4.14. The minimum Gasteiger partial charge on any atom is -0.259 e. The van der Waals surface area contributed by atoms with E-state index in [-0.39, 0.29) is 0 Å². The molecular formula is C18H29ClOS. The van der Waals surface area contributed by atoms with E-state index in [4.69, 9.17) is 11.6 Å². The van der Waals surface area contributed by atoms with Gasteiger partial charge in [0.25, 0.3) is 0 Å². The van der Waals surface area contributed by atoms with Crippen molar-refractivity contribution < 1.29 is 4.21 Å². The van der Waals surface area contributed by atoms with Crippen LogP contribution in [0, 0.1) is 13.8 Å². The Morgan fingerprint density at radius 3 is 2.19 bits per heavy atom. The van der Waals surface area contributed by atoms with Crippen LogP contribution in [0.1, 0.15) is 67.7 Å². The monoisotopic (exact) mass is 328 g/mol. The van der Waals surface area contributed by atoms with Crippen LogP contribution in [0.2, 0.25) is 0 Å². The van der Waals surface area contributed by atoms with Crippen LogP contribution in [0.4, 0.5) is 0 Å². The zero-order chi connectivity index (χ0) is 15.7. The minimum absolute atomic E-state index is 0.549. The summed E-state index contributed by atoms with van der Waals surface area (Å²) in [4.78, 5) is 0. The number of halogens is 1. The number of hydrogen-bond acceptors (Lipinski definition) is 1. The standard InChI is InChI=1S/C18H29ClOS/c1-4-5-6-7-8-9-10-21(20)14-18-12-15(2)17(13-19)11-16(18)3/h11-12H,4-10,13-14H2,1-3H3. The predicted molar refractivity (Wildman–Crippen MR) is 95.6 cm³/mol. The molecule has 0 spiro atoms. The molecule has 1 atom stereocenters. The van der Waals surface area contributed by atoms with Crippen molar-refractivity contribution in [3.8, 4) is 0 Å². The molecule has 0 aliphatic heterocycles. The number of benzene rings is 1. The normalized spacial score (nSPS) is 12.6. The highest BCUT2D eigenvalue weighted by Crippen LogP contribution is 2.19. The lowest BCUT2D eigenvalue weighted by molar-refractivity contribution is 0.622. The fraction of sp³-hybridized carbons (Fsp3) is 0.667. The molecule has 120 valence electrons. The molecule has 0 N–H and O–H groups in total. The highest BCUT2D eigenvalue weighted by Gasteiger charge is 2.08. The van der Waals surface area contributed by atoms with Crippen LogP contribution in [-0.4, -0.2) is 9.96 Å². The Morgan fingerprint density at radius 2 is 1.52 bits per heavy atom. The van der Waals surface area contributed by atoms with Crippen molar-refractivity contribution in [1.82, 2.24) is 0 Å². The van der Waals surface area contributed by atoms with Gasteiger partial charge in [-0.3, -0.25) is 4.21 Å². The number of alkyl halides is 1. The molecule has 0 radical (unpaired) electrons. The largest absolute Gasteiger partial charge is 0.259 e. The van der Waals surface area contributed by atoms with Crippen molar-refractivity contribution in [3.05, 3.63) is 34.4 Å². The second kappa shape index (κ2) is 10.4. The Kier molecular flexibility index (Phi) is 9.26. The van der Waals surface area contributed by atoms with Gasteiger partial charge in [-0.25, -0.2) is 0 Å². The van der Waals surface area contributed by atoms with Gasteiger partial charge in [-0.05, 0) is 42.5 Å². The molecule has 0 aliphatic carbocycles. The average molecular weight is 329 g/mol. The molecule has 1 unspecified atom stereocenters. The third-order valence-electron chi connectivity index (χ3n) is 3.98. The molecule has 0 aliphatic rings. The van der Waals surface area contributed by atoms with Crippen molar-refractivity contribution in [2.75, 3.05) is 5.75 Å². The number of unbranched alkanes of at least 4 members (excludes halogenated alkanes) is 5. The zero-order valence-electron chi connectivity index (χ0n) is 13.7. The van der Waals surface area contributed by atoms with Crippen LogP contribution < -0.4 is 0 Å². The third kappa shape index (κ3) is 6.97. The maximum Gasteiger partial charge on any atom is 0.0488 e. The highest BCUT2D eigenvalue weighted by atomic mass is 35.5. The first-order valence-electron chi connectivity index (χ1n) is 8.08. The molecule has 0 saturated carbocycles. The smallest absolute Gasteiger partial charge is 0.0488 e. The van der Waals surface area contributed by atoms with Crippen molar-refractivity contribution in [2.24, 2.45) is 0 Å². The fourth-order valence-electron chi connectivity index (χ4n) is 2.52. The van der Waals surface area contributed by atoms with E-state index < -0.39 is 10.8 Å². The summed E-state index contributed by atoms with van der Waals surface area (Å²) in [5.41, 5.74) is 4.82. The molecule has 1 nitrogen and oxygen atoms in total. The average Bonchev–Trinajstić information content (AvgIpc) is 2.46. The number of aryl methyl sites for hydroxylation is 2. The molecule has 0 saturated heterocycles. The lowest BCUT2D eigenvalue weighted by atomic mass is 10.0. The van der Waals surface area contributed by atoms with Gasteiger partial charge in [0.15, 0.2) is 0 Å². The minimum atomic E-state index is -0.738. The molecule has 0 bridgehead atoms. The van der Waals surface area contributed by atoms with Crippen LogP contribution in [0.25, 0.3) is 0 Å². The molecular weight excluding hydrogens is 300 g/mol. The van der Waals surface area contributed by atoms with E-state index in [1.807, 2.05) is 0 Å². The van der Waals surface area contributed by atoms with E-state index in [0.717, 1.165) is 12.2 Å². The summed E-state index contributed by atoms with van der Waals surface area (Å²) in [6.07, 6.45) is 7.52. The molecule has 1 aromatic rings. The van der Waals surface area contributed by atoms with Gasteiger partial charge >= 0.3 is 0 Å². The van der Waals surface area contributed by atoms with Crippen LogP contribution in [0.15, 0.2) is 12.1 Å². The molecule has 0 aromatic heterocycles. The maximum atomic E-state index is 12.2. The van der Waals surface area contributed by atoms with Gasteiger partial charge < -0.3 is 0 Å². The Labute approximate surface area is 137 Å². The lowest BCUT2D eigenvalue weighted by Gasteiger charge is -2.10. The van der Waals surface area contributed by atoms with E-state index in [0.29, 0.717) is 11.6 Å². The molecule has 0 amide bonds. The third-order valence-corrected chi connectivity index (χ3v) is 5.65. The Balaban J connectivity index is 2.39. The molecule has 21 heavy (non-hydrogen) atoms. The molecule has 0 fully saturated rings. The van der Waals surface area contributed by atoms with Gasteiger partial charge in [0.2, 0.25) is 0 Å². The van der Waals surface area contributed by atoms with Crippen molar-refractivity contribution in [2.45, 2.75) is 70.9 Å². The van der Waals surface area contributed by atoms with Gasteiger partial charge in [-0.15, -0.1) is 11.6 Å². The van der Waals surface area contributed by atoms with E-state index in [9.17, 15) is 4.21 Å². The first kappa shape index (κ1) is 18.7. The van der Waals surface area contributed by atoms with E-state index in [1.165, 1.54) is 54.4 Å². The van der Waals surface area contributed by atoms with Crippen molar-refractivity contribution in [1.29, 1.82) is 0 Å². The quantitative estimate of drug-likeness (QED) is 0.400. The van der Waals surface area contributed by atoms with Crippen LogP contribution in [0.3, 0.4) is 0 Å². The lowest BCUT2D eigenvalue weighted by Crippen LogP contribution is -2.04. The van der Waals surface area contributed by atoms with Crippen LogP contribution >= 0.6 is 11.6 Å². The molecule has 0 heterocycles. The highest BCUT2D eigenvalue weighted by molar-refractivity contribution is 7.84. The van der Waals surface area contributed by atoms with Crippen LogP contribution in [0.5, 0.6) is 0 Å². The van der Waals surface area contributed by atoms with Gasteiger partial charge in [-0.1, -0.05) is 51.2 Å². The van der Waals surface area contributed by atoms with Gasteiger partial charge in [0, 0.05) is 28.2 Å². The summed E-state index contributed by atoms with van der Waals surface area (Å²) >= 11 is 5.92. The maximum absolute atomic E-state index is 12.2. The van der Waals surface area contributed by atoms with Gasteiger partial charge in [0.05, 0.1) is 0 Å². The zero-order valence-corrected chi connectivity index (χ0v) is 15.3. The SMILES string of the molecule is CCCCCCCCS(=O)Cc1cc(C)c(CCl)cc1C. The summed E-state index contributed by atoms with van der Waals surface area (Å²) in [6.45, 7) is 6.40. The molecule has 1 rings (SSSR count). The summed E-state index contributed by atoms with van der Waals surface area (Å²) in [6, 6.07) is 4.30. The summed E-state index contributed by atoms with van der Waals surface area (Å²) in [5.74, 6) is 2.07. The van der Waals surface area contributed by atoms with E-state index in [2.05, 4.69) is 32.9 Å². The summed E-state index contributed by atoms with van der Waals surface area (Å²) in [5, 5.41) is 0. The Hall–Kier alpha value is -0.340. The Morgan fingerprint density at radius 1 is 0.952 bits per heavy atom. The summed E-state index contributed by atoms with van der Waals surface area (Å²) in [7, 11) is -0.738. The predicted octanol–water partition coefficient (Wildman–Crippen LogP) is 5.65. The molecule has 1 aromatic carbocycles. The van der Waals surface area contributed by atoms with Crippen molar-refractivity contribution in [3.63, 3.8) is 0 Å². The van der Waals surface area contributed by atoms with E-state index >= 15 is 0 Å². The van der Waals surface area contributed by atoms with E-state index in [1.54, 1.807) is 0 Å². The van der Waals surface area contributed by atoms with Gasteiger partial charge in [0.1, 0.15) is 0 Å². The van der Waals surface area contributed by atoms with Gasteiger partial charge in [-0.2, -0.15) is 0 Å². The summed E-state index contributed by atoms with van der Waals surface area (Å²) < 4.78 is 12.2.